The Kier molecular flexibility index (Phi) is 11.0. The van der Waals surface area contributed by atoms with Crippen LogP contribution in [0.15, 0.2) is 0 Å². The van der Waals surface area contributed by atoms with Crippen molar-refractivity contribution in [2.45, 2.75) is 33.4 Å². The topological polar surface area (TPSA) is 36.9 Å². The van der Waals surface area contributed by atoms with Crippen molar-refractivity contribution < 1.29 is 17.7 Å². The maximum atomic E-state index is 5.60. The Hall–Kier alpha value is 0.274. The van der Waals surface area contributed by atoms with Crippen molar-refractivity contribution in [1.82, 2.24) is 0 Å². The van der Waals surface area contributed by atoms with E-state index in [9.17, 15) is 0 Å². The summed E-state index contributed by atoms with van der Waals surface area (Å²) in [5.41, 5.74) is 0.892. The Morgan fingerprint density at radius 3 is 1.07 bits per heavy atom. The molecule has 0 bridgehead atoms. The fourth-order valence-electron chi connectivity index (χ4n) is 1.27. The Balaban J connectivity index is 3.93. The molecule has 0 aliphatic rings. The highest BCUT2D eigenvalue weighted by Gasteiger charge is 2.22. The summed E-state index contributed by atoms with van der Waals surface area (Å²) >= 11 is 0. The molecule has 0 unspecified atom stereocenters. The van der Waals surface area contributed by atoms with E-state index in [0.29, 0.717) is 0 Å². The molecular formula is C9H24O4Si2. The highest BCUT2D eigenvalue weighted by molar-refractivity contribution is 6.64. The van der Waals surface area contributed by atoms with E-state index < -0.39 is 18.6 Å². The van der Waals surface area contributed by atoms with Gasteiger partial charge in [0.2, 0.25) is 0 Å². The first-order valence-electron chi connectivity index (χ1n) is 5.74. The van der Waals surface area contributed by atoms with E-state index in [0.717, 1.165) is 32.1 Å². The molecule has 0 aromatic carbocycles. The van der Waals surface area contributed by atoms with Crippen LogP contribution in [0.3, 0.4) is 0 Å². The Labute approximate surface area is 96.6 Å². The van der Waals surface area contributed by atoms with Crippen LogP contribution in [-0.2, 0) is 17.7 Å². The molecule has 0 aromatic heterocycles. The van der Waals surface area contributed by atoms with Gasteiger partial charge in [-0.1, -0.05) is 0 Å². The van der Waals surface area contributed by atoms with E-state index in [1.165, 1.54) is 0 Å². The largest absolute Gasteiger partial charge is 0.397 e. The molecule has 15 heavy (non-hydrogen) atoms. The first-order chi connectivity index (χ1) is 7.28. The molecule has 6 heteroatoms. The van der Waals surface area contributed by atoms with Crippen molar-refractivity contribution in [2.24, 2.45) is 0 Å². The van der Waals surface area contributed by atoms with E-state index >= 15 is 0 Å². The molecule has 92 valence electrons. The fourth-order valence-corrected chi connectivity index (χ4v) is 6.38. The second kappa shape index (κ2) is 10.8. The van der Waals surface area contributed by atoms with Crippen LogP contribution in [0.4, 0.5) is 0 Å². The second-order valence-corrected chi connectivity index (χ2v) is 7.85. The maximum absolute atomic E-state index is 5.60. The van der Waals surface area contributed by atoms with Gasteiger partial charge in [-0.15, -0.1) is 0 Å². The van der Waals surface area contributed by atoms with Gasteiger partial charge in [-0.2, -0.15) is 0 Å². The average Bonchev–Trinajstić information content (AvgIpc) is 2.19. The molecule has 0 N–H and O–H groups in total. The first-order valence-corrected chi connectivity index (χ1v) is 9.26. The third-order valence-electron chi connectivity index (χ3n) is 1.80. The van der Waals surface area contributed by atoms with Crippen LogP contribution in [0, 0.1) is 0 Å². The fraction of sp³-hybridized carbons (Fsp3) is 1.00. The van der Waals surface area contributed by atoms with Crippen LogP contribution in [0.2, 0.25) is 5.67 Å². The van der Waals surface area contributed by atoms with Gasteiger partial charge in [0.25, 0.3) is 0 Å². The zero-order valence-corrected chi connectivity index (χ0v) is 12.6. The van der Waals surface area contributed by atoms with E-state index in [-0.39, 0.29) is 0 Å². The number of hydrogen-bond acceptors (Lipinski definition) is 4. The minimum Gasteiger partial charge on any atom is -0.397 e. The maximum Gasteiger partial charge on any atom is 0.323 e. The normalized spacial score (nSPS) is 11.6. The Morgan fingerprint density at radius 2 is 0.867 bits per heavy atom. The molecule has 4 nitrogen and oxygen atoms in total. The Bertz CT molecular complexity index is 111. The predicted molar refractivity (Wildman–Crippen MR) is 65.6 cm³/mol. The summed E-state index contributed by atoms with van der Waals surface area (Å²) in [5, 5.41) is 0. The second-order valence-electron chi connectivity index (χ2n) is 2.92. The summed E-state index contributed by atoms with van der Waals surface area (Å²) in [5.74, 6) is 0. The molecule has 0 fully saturated rings. The summed E-state index contributed by atoms with van der Waals surface area (Å²) < 4.78 is 22.4. The van der Waals surface area contributed by atoms with E-state index in [1.807, 2.05) is 27.7 Å². The average molecular weight is 252 g/mol. The van der Waals surface area contributed by atoms with Crippen molar-refractivity contribution >= 4 is 18.6 Å². The molecule has 0 saturated heterocycles. The first kappa shape index (κ1) is 15.3. The van der Waals surface area contributed by atoms with Gasteiger partial charge in [-0.05, 0) is 27.7 Å². The van der Waals surface area contributed by atoms with Crippen molar-refractivity contribution in [1.29, 1.82) is 0 Å². The van der Waals surface area contributed by atoms with Gasteiger partial charge in [-0.25, -0.2) is 0 Å². The molecule has 0 heterocycles. The molecular weight excluding hydrogens is 228 g/mol. The SMILES string of the molecule is CCO[SiH](C[SiH](OCC)OCC)OCC. The van der Waals surface area contributed by atoms with Gasteiger partial charge >= 0.3 is 18.6 Å². The van der Waals surface area contributed by atoms with Crippen molar-refractivity contribution in [3.63, 3.8) is 0 Å². The standard InChI is InChI=1S/C9H24O4Si2/c1-5-10-14(11-6-2)9-15(12-7-3)13-8-4/h14-15H,5-9H2,1-4H3. The highest BCUT2D eigenvalue weighted by atomic mass is 28.4. The lowest BCUT2D eigenvalue weighted by atomic mass is 10.9. The van der Waals surface area contributed by atoms with E-state index in [2.05, 4.69) is 0 Å². The van der Waals surface area contributed by atoms with Crippen LogP contribution in [0.1, 0.15) is 27.7 Å². The van der Waals surface area contributed by atoms with Crippen molar-refractivity contribution in [3.8, 4) is 0 Å². The van der Waals surface area contributed by atoms with Gasteiger partial charge in [-0.3, -0.25) is 0 Å². The van der Waals surface area contributed by atoms with Crippen LogP contribution in [0.25, 0.3) is 0 Å². The van der Waals surface area contributed by atoms with Crippen molar-refractivity contribution in [2.75, 3.05) is 26.4 Å². The summed E-state index contributed by atoms with van der Waals surface area (Å²) in [6.45, 7) is 10.9. The van der Waals surface area contributed by atoms with Crippen LogP contribution < -0.4 is 0 Å². The molecule has 0 saturated carbocycles. The van der Waals surface area contributed by atoms with Crippen LogP contribution in [-0.4, -0.2) is 45.0 Å². The molecule has 0 aromatic rings. The molecule has 0 atom stereocenters. The minimum absolute atomic E-state index is 0.719. The van der Waals surface area contributed by atoms with Gasteiger partial charge in [0, 0.05) is 32.1 Å². The molecule has 0 aliphatic heterocycles. The molecule has 0 aliphatic carbocycles. The summed E-state index contributed by atoms with van der Waals surface area (Å²) in [4.78, 5) is 0. The zero-order chi connectivity index (χ0) is 11.5. The minimum atomic E-state index is -1.54. The summed E-state index contributed by atoms with van der Waals surface area (Å²) in [6, 6.07) is 0. The third-order valence-corrected chi connectivity index (χ3v) is 7.69. The van der Waals surface area contributed by atoms with E-state index in [1.54, 1.807) is 0 Å². The zero-order valence-electron chi connectivity index (χ0n) is 10.3. The van der Waals surface area contributed by atoms with Gasteiger partial charge in [0.05, 0.1) is 0 Å². The quantitative estimate of drug-likeness (QED) is 0.546. The smallest absolute Gasteiger partial charge is 0.323 e. The van der Waals surface area contributed by atoms with Crippen LogP contribution >= 0.6 is 0 Å². The highest BCUT2D eigenvalue weighted by Crippen LogP contribution is 2.04. The van der Waals surface area contributed by atoms with Crippen molar-refractivity contribution in [3.05, 3.63) is 0 Å². The molecule has 0 radical (unpaired) electrons. The van der Waals surface area contributed by atoms with Gasteiger partial charge in [0.1, 0.15) is 0 Å². The molecule has 0 amide bonds. The predicted octanol–water partition coefficient (Wildman–Crippen LogP) is 1.11. The Morgan fingerprint density at radius 1 is 0.600 bits per heavy atom. The lowest BCUT2D eigenvalue weighted by Crippen LogP contribution is -2.34. The van der Waals surface area contributed by atoms with Crippen LogP contribution in [0.5, 0.6) is 0 Å². The lowest BCUT2D eigenvalue weighted by molar-refractivity contribution is 0.196. The lowest BCUT2D eigenvalue weighted by Gasteiger charge is -2.20. The van der Waals surface area contributed by atoms with E-state index in [4.69, 9.17) is 17.7 Å². The summed E-state index contributed by atoms with van der Waals surface area (Å²) in [7, 11) is -3.09. The molecule has 0 spiro atoms. The number of hydrogen-bond donors (Lipinski definition) is 0. The van der Waals surface area contributed by atoms with Gasteiger partial charge in [0.15, 0.2) is 0 Å². The number of rotatable bonds is 10. The summed E-state index contributed by atoms with van der Waals surface area (Å²) in [6.07, 6.45) is 0. The van der Waals surface area contributed by atoms with Gasteiger partial charge < -0.3 is 17.7 Å². The third kappa shape index (κ3) is 8.12. The monoisotopic (exact) mass is 252 g/mol. The molecule has 0 rings (SSSR count).